The monoisotopic (exact) mass is 688 g/mol. The van der Waals surface area contributed by atoms with Gasteiger partial charge in [0.05, 0.1) is 37.6 Å². The summed E-state index contributed by atoms with van der Waals surface area (Å²) in [6.07, 6.45) is 4.63. The van der Waals surface area contributed by atoms with Crippen LogP contribution in [-0.4, -0.2) is 80.1 Å². The van der Waals surface area contributed by atoms with E-state index in [2.05, 4.69) is 16.4 Å². The van der Waals surface area contributed by atoms with Gasteiger partial charge in [-0.05, 0) is 85.9 Å². The van der Waals surface area contributed by atoms with Gasteiger partial charge >= 0.3 is 0 Å². The van der Waals surface area contributed by atoms with Gasteiger partial charge in [-0.3, -0.25) is 9.78 Å². The van der Waals surface area contributed by atoms with Gasteiger partial charge in [-0.25, -0.2) is 0 Å². The molecule has 4 atom stereocenters. The number of pyridine rings is 1. The molecule has 47 heavy (non-hydrogen) atoms. The summed E-state index contributed by atoms with van der Waals surface area (Å²) in [4.78, 5) is 16.8. The van der Waals surface area contributed by atoms with Crippen LogP contribution in [0.4, 0.5) is 0 Å². The van der Waals surface area contributed by atoms with Crippen LogP contribution in [-0.2, 0) is 28.2 Å². The van der Waals surface area contributed by atoms with Gasteiger partial charge in [0.15, 0.2) is 0 Å². The highest BCUT2D eigenvalue weighted by Gasteiger charge is 2.48. The van der Waals surface area contributed by atoms with Crippen molar-refractivity contribution in [3.63, 3.8) is 0 Å². The Kier molecular flexibility index (Phi) is 12.1. The number of aliphatic hydroxyl groups is 5. The Morgan fingerprint density at radius 3 is 2.38 bits per heavy atom. The number of ether oxygens (including phenoxy) is 2. The number of aliphatic hydroxyl groups excluding tert-OH is 5. The van der Waals surface area contributed by atoms with E-state index in [1.54, 1.807) is 6.20 Å². The number of unbranched alkanes of at least 4 members (excludes halogenated alkanes) is 1. The van der Waals surface area contributed by atoms with Gasteiger partial charge in [0.2, 0.25) is 5.91 Å². The SMILES string of the molecule is O=C(CCCCc1cc(Cl)c(COC2(c3cnccc3-c3ccccc3OC3CC3)CC2)cc1Cl)NC(CO)C(O)C(O)C(O)CO. The van der Waals surface area contributed by atoms with Crippen LogP contribution in [0.25, 0.3) is 11.1 Å². The van der Waals surface area contributed by atoms with Gasteiger partial charge in [-0.2, -0.15) is 0 Å². The molecule has 0 saturated heterocycles. The fourth-order valence-corrected chi connectivity index (χ4v) is 6.12. The molecule has 2 aromatic carbocycles. The molecule has 2 aliphatic carbocycles. The third kappa shape index (κ3) is 9.01. The number of nitrogens with zero attached hydrogens (tertiary/aromatic N) is 1. The normalized spacial score (nSPS) is 17.9. The molecular formula is C35H42Cl2N2O8. The van der Waals surface area contributed by atoms with E-state index in [1.807, 2.05) is 42.6 Å². The molecule has 0 radical (unpaired) electrons. The van der Waals surface area contributed by atoms with E-state index < -0.39 is 49.1 Å². The average Bonchev–Trinajstić information content (AvgIpc) is 4.03. The molecule has 0 spiro atoms. The van der Waals surface area contributed by atoms with Crippen LogP contribution in [0.15, 0.2) is 54.9 Å². The molecule has 1 heterocycles. The van der Waals surface area contributed by atoms with Crippen LogP contribution in [0.3, 0.4) is 0 Å². The predicted octanol–water partition coefficient (Wildman–Crippen LogP) is 4.07. The van der Waals surface area contributed by atoms with E-state index in [0.29, 0.717) is 29.3 Å². The van der Waals surface area contributed by atoms with Crippen LogP contribution >= 0.6 is 23.2 Å². The first-order valence-corrected chi connectivity index (χ1v) is 16.8. The van der Waals surface area contributed by atoms with Gasteiger partial charge in [-0.1, -0.05) is 41.4 Å². The van der Waals surface area contributed by atoms with E-state index >= 15 is 0 Å². The third-order valence-corrected chi connectivity index (χ3v) is 9.42. The Bertz CT molecular complexity index is 1520. The van der Waals surface area contributed by atoms with Crippen LogP contribution in [0.5, 0.6) is 5.75 Å². The Morgan fingerprint density at radius 2 is 1.68 bits per heavy atom. The summed E-state index contributed by atoms with van der Waals surface area (Å²) < 4.78 is 12.8. The van der Waals surface area contributed by atoms with Crippen LogP contribution in [0.2, 0.25) is 10.0 Å². The summed E-state index contributed by atoms with van der Waals surface area (Å²) in [6.45, 7) is -1.15. The zero-order chi connectivity index (χ0) is 33.6. The molecule has 5 rings (SSSR count). The summed E-state index contributed by atoms with van der Waals surface area (Å²) in [6, 6.07) is 12.5. The molecule has 254 valence electrons. The lowest BCUT2D eigenvalue weighted by Crippen LogP contribution is -2.54. The predicted molar refractivity (Wildman–Crippen MR) is 177 cm³/mol. The minimum atomic E-state index is -1.73. The molecular weight excluding hydrogens is 647 g/mol. The second-order valence-electron chi connectivity index (χ2n) is 12.3. The van der Waals surface area contributed by atoms with E-state index in [4.69, 9.17) is 37.8 Å². The molecule has 6 N–H and O–H groups in total. The molecule has 2 saturated carbocycles. The number of aryl methyl sites for hydroxylation is 1. The van der Waals surface area contributed by atoms with Gasteiger partial charge in [-0.15, -0.1) is 0 Å². The van der Waals surface area contributed by atoms with Gasteiger partial charge < -0.3 is 40.3 Å². The first-order valence-electron chi connectivity index (χ1n) is 16.0. The third-order valence-electron chi connectivity index (χ3n) is 8.72. The van der Waals surface area contributed by atoms with Crippen molar-refractivity contribution in [2.24, 2.45) is 0 Å². The highest BCUT2D eigenvalue weighted by molar-refractivity contribution is 6.34. The zero-order valence-corrected chi connectivity index (χ0v) is 27.5. The minimum absolute atomic E-state index is 0.106. The minimum Gasteiger partial charge on any atom is -0.490 e. The van der Waals surface area contributed by atoms with Crippen LogP contribution < -0.4 is 10.1 Å². The lowest BCUT2D eigenvalue weighted by atomic mass is 9.96. The number of benzene rings is 2. The summed E-state index contributed by atoms with van der Waals surface area (Å²) in [5.41, 5.74) is 4.23. The highest BCUT2D eigenvalue weighted by Crippen LogP contribution is 2.53. The fourth-order valence-electron chi connectivity index (χ4n) is 5.59. The van der Waals surface area contributed by atoms with Gasteiger partial charge in [0.25, 0.3) is 0 Å². The molecule has 12 heteroatoms. The van der Waals surface area contributed by atoms with Gasteiger partial charge in [0, 0.05) is 40.0 Å². The first-order chi connectivity index (χ1) is 22.7. The number of carbonyl (C=O) groups is 1. The zero-order valence-electron chi connectivity index (χ0n) is 26.0. The largest absolute Gasteiger partial charge is 0.490 e. The second kappa shape index (κ2) is 16.1. The molecule has 2 fully saturated rings. The summed E-state index contributed by atoms with van der Waals surface area (Å²) in [5, 5.41) is 51.5. The molecule has 0 aliphatic heterocycles. The van der Waals surface area contributed by atoms with E-state index in [9.17, 15) is 25.2 Å². The summed E-state index contributed by atoms with van der Waals surface area (Å²) in [5.74, 6) is 0.433. The van der Waals surface area contributed by atoms with Crippen LogP contribution in [0, 0.1) is 0 Å². The number of hydrogen-bond donors (Lipinski definition) is 6. The van der Waals surface area contributed by atoms with Crippen molar-refractivity contribution in [2.45, 2.75) is 94.0 Å². The number of carbonyl (C=O) groups excluding carboxylic acids is 1. The maximum absolute atomic E-state index is 12.4. The molecule has 4 unspecified atom stereocenters. The number of halogens is 2. The topological polar surface area (TPSA) is 162 Å². The van der Waals surface area contributed by atoms with Crippen molar-refractivity contribution >= 4 is 29.1 Å². The maximum Gasteiger partial charge on any atom is 0.220 e. The standard InChI is InChI=1S/C35H42Cl2N2O8/c36-27-16-22(28(37)15-21(27)5-1-4-8-32(43)39-29(18-40)33(44)34(45)30(42)19-41)20-46-35(12-13-35)26-17-38-14-11-24(26)25-6-2-3-7-31(25)47-23-9-10-23/h2-3,6-7,11,14-17,23,29-30,33-34,40-42,44-45H,1,4-5,8-10,12-13,18-20H2,(H,39,43). The van der Waals surface area contributed by atoms with Crippen LogP contribution in [0.1, 0.15) is 61.6 Å². The Hall–Kier alpha value is -2.80. The Labute approximate surface area is 284 Å². The van der Waals surface area contributed by atoms with Crippen molar-refractivity contribution in [1.82, 2.24) is 10.3 Å². The molecule has 10 nitrogen and oxygen atoms in total. The molecule has 3 aromatic rings. The Morgan fingerprint density at radius 1 is 0.957 bits per heavy atom. The molecule has 0 bridgehead atoms. The number of para-hydroxylation sites is 1. The van der Waals surface area contributed by atoms with Crippen molar-refractivity contribution in [3.05, 3.63) is 81.6 Å². The number of aromatic nitrogens is 1. The summed E-state index contributed by atoms with van der Waals surface area (Å²) in [7, 11) is 0. The van der Waals surface area contributed by atoms with E-state index in [-0.39, 0.29) is 19.1 Å². The van der Waals surface area contributed by atoms with E-state index in [1.165, 1.54) is 0 Å². The lowest BCUT2D eigenvalue weighted by Gasteiger charge is -2.28. The highest BCUT2D eigenvalue weighted by atomic mass is 35.5. The first kappa shape index (κ1) is 35.5. The molecule has 1 aromatic heterocycles. The number of amides is 1. The van der Waals surface area contributed by atoms with Crippen molar-refractivity contribution < 1.29 is 39.8 Å². The lowest BCUT2D eigenvalue weighted by molar-refractivity contribution is -0.126. The van der Waals surface area contributed by atoms with Crippen molar-refractivity contribution in [2.75, 3.05) is 13.2 Å². The van der Waals surface area contributed by atoms with Crippen molar-refractivity contribution in [1.29, 1.82) is 0 Å². The molecule has 1 amide bonds. The number of hydrogen-bond acceptors (Lipinski definition) is 9. The number of rotatable bonds is 18. The number of nitrogens with one attached hydrogen (secondary N) is 1. The van der Waals surface area contributed by atoms with E-state index in [0.717, 1.165) is 59.3 Å². The average molecular weight is 690 g/mol. The van der Waals surface area contributed by atoms with Gasteiger partial charge in [0.1, 0.15) is 24.1 Å². The second-order valence-corrected chi connectivity index (χ2v) is 13.2. The summed E-state index contributed by atoms with van der Waals surface area (Å²) >= 11 is 13.3. The van der Waals surface area contributed by atoms with Crippen molar-refractivity contribution in [3.8, 4) is 16.9 Å². The quantitative estimate of drug-likeness (QED) is 0.108. The molecule has 2 aliphatic rings. The Balaban J connectivity index is 1.15. The fraction of sp³-hybridized carbons (Fsp3) is 0.486. The smallest absolute Gasteiger partial charge is 0.220 e. The maximum atomic E-state index is 12.4.